The van der Waals surface area contributed by atoms with Crippen LogP contribution in [0.1, 0.15) is 23.6 Å². The molecule has 0 aliphatic rings. The smallest absolute Gasteiger partial charge is 0.314 e. The second-order valence-electron chi connectivity index (χ2n) is 5.83. The van der Waals surface area contributed by atoms with Crippen LogP contribution in [0.15, 0.2) is 54.7 Å². The van der Waals surface area contributed by atoms with Gasteiger partial charge in [0.15, 0.2) is 0 Å². The number of rotatable bonds is 9. The molecule has 1 heterocycles. The van der Waals surface area contributed by atoms with Gasteiger partial charge in [-0.25, -0.2) is 8.42 Å². The highest BCUT2D eigenvalue weighted by atomic mass is 32.2. The number of nitriles is 1. The van der Waals surface area contributed by atoms with Crippen molar-refractivity contribution >= 4 is 16.0 Å². The fourth-order valence-corrected chi connectivity index (χ4v) is 4.27. The molecular weight excluding hydrogens is 366 g/mol. The Bertz CT molecular complexity index is 880. The number of nitrogens with zero attached hydrogens (tertiary/aromatic N) is 3. The molecule has 27 heavy (non-hydrogen) atoms. The molecule has 0 N–H and O–H groups in total. The van der Waals surface area contributed by atoms with Crippen LogP contribution in [-0.2, 0) is 26.1 Å². The Kier molecular flexibility index (Phi) is 7.46. The van der Waals surface area contributed by atoms with Gasteiger partial charge >= 0.3 is 5.97 Å². The van der Waals surface area contributed by atoms with Gasteiger partial charge in [0.2, 0.25) is 10.0 Å². The Hall–Kier alpha value is -2.76. The van der Waals surface area contributed by atoms with Crippen molar-refractivity contribution in [2.45, 2.75) is 18.9 Å². The van der Waals surface area contributed by atoms with Gasteiger partial charge in [0.25, 0.3) is 0 Å². The molecule has 7 nitrogen and oxygen atoms in total. The summed E-state index contributed by atoms with van der Waals surface area (Å²) >= 11 is 0. The summed E-state index contributed by atoms with van der Waals surface area (Å²) in [4.78, 5) is 16.4. The van der Waals surface area contributed by atoms with Crippen molar-refractivity contribution in [2.24, 2.45) is 0 Å². The van der Waals surface area contributed by atoms with Crippen molar-refractivity contribution in [3.8, 4) is 6.07 Å². The number of hydrogen-bond acceptors (Lipinski definition) is 6. The molecule has 0 saturated heterocycles. The van der Waals surface area contributed by atoms with Gasteiger partial charge in [-0.1, -0.05) is 36.4 Å². The molecule has 2 aromatic rings. The summed E-state index contributed by atoms with van der Waals surface area (Å²) in [6, 6.07) is 15.8. The predicted molar refractivity (Wildman–Crippen MR) is 99.9 cm³/mol. The monoisotopic (exact) mass is 387 g/mol. The molecule has 0 fully saturated rings. The maximum Gasteiger partial charge on any atom is 0.314 e. The number of ether oxygens (including phenoxy) is 1. The van der Waals surface area contributed by atoms with E-state index in [1.807, 2.05) is 6.07 Å². The molecule has 0 aliphatic carbocycles. The molecule has 0 amide bonds. The summed E-state index contributed by atoms with van der Waals surface area (Å²) < 4.78 is 32.0. The zero-order valence-electron chi connectivity index (χ0n) is 15.0. The molecule has 0 aliphatic heterocycles. The van der Waals surface area contributed by atoms with Crippen LogP contribution in [0, 0.1) is 11.3 Å². The number of carbonyl (C=O) groups excluding carboxylic acids is 1. The van der Waals surface area contributed by atoms with Crippen LogP contribution < -0.4 is 0 Å². The Labute approximate surface area is 159 Å². The topological polar surface area (TPSA) is 100 Å². The second kappa shape index (κ2) is 9.80. The van der Waals surface area contributed by atoms with E-state index in [1.165, 1.54) is 11.4 Å². The summed E-state index contributed by atoms with van der Waals surface area (Å²) in [7, 11) is -2.63. The van der Waals surface area contributed by atoms with Crippen molar-refractivity contribution < 1.29 is 17.9 Å². The zero-order valence-corrected chi connectivity index (χ0v) is 15.8. The molecule has 8 heteroatoms. The van der Waals surface area contributed by atoms with Gasteiger partial charge in [-0.3, -0.25) is 9.78 Å². The van der Waals surface area contributed by atoms with Crippen molar-refractivity contribution in [1.82, 2.24) is 9.29 Å². The number of methoxy groups -OCH3 is 1. The average Bonchev–Trinajstić information content (AvgIpc) is 2.70. The van der Waals surface area contributed by atoms with E-state index in [9.17, 15) is 13.2 Å². The van der Waals surface area contributed by atoms with Crippen LogP contribution in [0.3, 0.4) is 0 Å². The molecule has 1 aromatic heterocycles. The fraction of sp³-hybridized carbons (Fsp3) is 0.316. The highest BCUT2D eigenvalue weighted by molar-refractivity contribution is 7.89. The molecule has 0 saturated carbocycles. The Morgan fingerprint density at radius 1 is 1.22 bits per heavy atom. The number of carbonyl (C=O) groups is 1. The largest absolute Gasteiger partial charge is 0.469 e. The third-order valence-electron chi connectivity index (χ3n) is 4.00. The Morgan fingerprint density at radius 3 is 2.52 bits per heavy atom. The predicted octanol–water partition coefficient (Wildman–Crippen LogP) is 2.08. The van der Waals surface area contributed by atoms with E-state index in [1.54, 1.807) is 54.7 Å². The summed E-state index contributed by atoms with van der Waals surface area (Å²) in [5.74, 6) is -2.01. The van der Waals surface area contributed by atoms with Crippen LogP contribution in [0.25, 0.3) is 0 Å². The van der Waals surface area contributed by atoms with Crippen molar-refractivity contribution in [3.05, 3.63) is 66.0 Å². The molecule has 0 radical (unpaired) electrons. The summed E-state index contributed by atoms with van der Waals surface area (Å²) in [5, 5.41) is 8.87. The molecule has 0 bridgehead atoms. The van der Waals surface area contributed by atoms with E-state index >= 15 is 0 Å². The highest BCUT2D eigenvalue weighted by Crippen LogP contribution is 2.22. The number of aromatic nitrogens is 1. The SMILES string of the molecule is COC(=O)[C@@H](CS(=O)(=O)N(CCC#N)Cc1ccccn1)c1ccccc1. The van der Waals surface area contributed by atoms with Crippen molar-refractivity contribution in [1.29, 1.82) is 5.26 Å². The minimum absolute atomic E-state index is 0.0259. The average molecular weight is 387 g/mol. The lowest BCUT2D eigenvalue weighted by Crippen LogP contribution is -2.37. The Morgan fingerprint density at radius 2 is 1.93 bits per heavy atom. The number of esters is 1. The van der Waals surface area contributed by atoms with Crippen LogP contribution >= 0.6 is 0 Å². The van der Waals surface area contributed by atoms with Crippen LogP contribution in [0.5, 0.6) is 0 Å². The number of sulfonamides is 1. The second-order valence-corrected chi connectivity index (χ2v) is 7.84. The molecular formula is C19H21N3O4S. The summed E-state index contributed by atoms with van der Waals surface area (Å²) in [6.45, 7) is 0.0611. The molecule has 0 unspecified atom stereocenters. The first-order valence-electron chi connectivity index (χ1n) is 8.35. The van der Waals surface area contributed by atoms with Gasteiger partial charge in [0, 0.05) is 19.2 Å². The standard InChI is InChI=1S/C19H21N3O4S/c1-26-19(23)18(16-8-3-2-4-9-16)15-27(24,25)22(13-7-11-20)14-17-10-5-6-12-21-17/h2-6,8-10,12,18H,7,13-15H2,1H3/t18-/m0/s1. The van der Waals surface area contributed by atoms with E-state index in [0.29, 0.717) is 11.3 Å². The lowest BCUT2D eigenvalue weighted by molar-refractivity contribution is -0.141. The first-order valence-corrected chi connectivity index (χ1v) is 9.96. The van der Waals surface area contributed by atoms with Crippen molar-refractivity contribution in [2.75, 3.05) is 19.4 Å². The van der Waals surface area contributed by atoms with Gasteiger partial charge in [-0.2, -0.15) is 9.57 Å². The van der Waals surface area contributed by atoms with Gasteiger partial charge in [0.05, 0.1) is 37.1 Å². The zero-order chi connectivity index (χ0) is 19.7. The van der Waals surface area contributed by atoms with Crippen molar-refractivity contribution in [3.63, 3.8) is 0 Å². The first kappa shape index (κ1) is 20.6. The summed E-state index contributed by atoms with van der Waals surface area (Å²) in [6.07, 6.45) is 1.62. The molecule has 0 spiro atoms. The lowest BCUT2D eigenvalue weighted by Gasteiger charge is -2.23. The maximum atomic E-state index is 13.0. The first-order chi connectivity index (χ1) is 13.0. The molecule has 1 atom stereocenters. The minimum Gasteiger partial charge on any atom is -0.469 e. The number of benzene rings is 1. The maximum absolute atomic E-state index is 13.0. The Balaban J connectivity index is 2.29. The van der Waals surface area contributed by atoms with Crippen LogP contribution in [-0.4, -0.2) is 43.1 Å². The fourth-order valence-electron chi connectivity index (χ4n) is 2.61. The van der Waals surface area contributed by atoms with Crippen LogP contribution in [0.2, 0.25) is 0 Å². The summed E-state index contributed by atoms with van der Waals surface area (Å²) in [5.41, 5.74) is 1.12. The van der Waals surface area contributed by atoms with E-state index in [0.717, 1.165) is 0 Å². The minimum atomic E-state index is -3.85. The van der Waals surface area contributed by atoms with E-state index in [2.05, 4.69) is 4.98 Å². The van der Waals surface area contributed by atoms with Gasteiger partial charge < -0.3 is 4.74 Å². The van der Waals surface area contributed by atoms with E-state index in [-0.39, 0.29) is 19.5 Å². The van der Waals surface area contributed by atoms with E-state index < -0.39 is 27.7 Å². The molecule has 2 rings (SSSR count). The lowest BCUT2D eigenvalue weighted by atomic mass is 10.0. The number of hydrogen-bond donors (Lipinski definition) is 0. The molecule has 1 aromatic carbocycles. The number of pyridine rings is 1. The van der Waals surface area contributed by atoms with Gasteiger partial charge in [-0.15, -0.1) is 0 Å². The third kappa shape index (κ3) is 5.88. The normalized spacial score (nSPS) is 12.3. The highest BCUT2D eigenvalue weighted by Gasteiger charge is 2.32. The third-order valence-corrected chi connectivity index (χ3v) is 5.85. The van der Waals surface area contributed by atoms with Gasteiger partial charge in [-0.05, 0) is 17.7 Å². The van der Waals surface area contributed by atoms with Gasteiger partial charge in [0.1, 0.15) is 0 Å². The van der Waals surface area contributed by atoms with E-state index in [4.69, 9.17) is 10.00 Å². The molecule has 142 valence electrons. The van der Waals surface area contributed by atoms with Crippen LogP contribution in [0.4, 0.5) is 0 Å². The quantitative estimate of drug-likeness (QED) is 0.611.